The third-order valence-corrected chi connectivity index (χ3v) is 2.96. The van der Waals surface area contributed by atoms with E-state index in [4.69, 9.17) is 16.3 Å². The molecule has 0 radical (unpaired) electrons. The van der Waals surface area contributed by atoms with Crippen LogP contribution in [0.2, 0.25) is 5.02 Å². The Bertz CT molecular complexity index is 784. The summed E-state index contributed by atoms with van der Waals surface area (Å²) in [5, 5.41) is 2.08. The second-order valence-electron chi connectivity index (χ2n) is 4.11. The Morgan fingerprint density at radius 1 is 1.15 bits per heavy atom. The third kappa shape index (κ3) is 2.46. The Labute approximate surface area is 120 Å². The predicted molar refractivity (Wildman–Crippen MR) is 75.9 cm³/mol. The zero-order valence-electron chi connectivity index (χ0n) is 10.3. The molecule has 0 aliphatic rings. The van der Waals surface area contributed by atoms with Crippen molar-refractivity contribution in [2.75, 3.05) is 0 Å². The number of nitrogens with zero attached hydrogens (tertiary/aromatic N) is 2. The molecule has 0 bridgehead atoms. The Balaban J connectivity index is 1.97. The van der Waals surface area contributed by atoms with E-state index >= 15 is 0 Å². The zero-order valence-corrected chi connectivity index (χ0v) is 11.0. The number of carbonyl (C=O) groups excluding carboxylic acids is 1. The SMILES string of the molecule is O=C(Oc1cncc(Cl)c1)c1nccc2ccccc12. The monoisotopic (exact) mass is 284 g/mol. The highest BCUT2D eigenvalue weighted by Gasteiger charge is 2.14. The van der Waals surface area contributed by atoms with E-state index in [0.29, 0.717) is 5.02 Å². The van der Waals surface area contributed by atoms with Crippen LogP contribution in [0.3, 0.4) is 0 Å². The molecule has 20 heavy (non-hydrogen) atoms. The molecule has 0 aliphatic heterocycles. The summed E-state index contributed by atoms with van der Waals surface area (Å²) in [4.78, 5) is 20.1. The van der Waals surface area contributed by atoms with Gasteiger partial charge in [-0.1, -0.05) is 35.9 Å². The molecule has 0 saturated heterocycles. The van der Waals surface area contributed by atoms with Crippen LogP contribution in [0.25, 0.3) is 10.8 Å². The maximum atomic E-state index is 12.2. The van der Waals surface area contributed by atoms with E-state index in [9.17, 15) is 4.79 Å². The van der Waals surface area contributed by atoms with Gasteiger partial charge < -0.3 is 4.74 Å². The molecule has 4 nitrogen and oxygen atoms in total. The molecule has 0 fully saturated rings. The molecule has 0 unspecified atom stereocenters. The molecule has 2 heterocycles. The molecule has 0 aliphatic carbocycles. The van der Waals surface area contributed by atoms with Gasteiger partial charge in [0.2, 0.25) is 0 Å². The van der Waals surface area contributed by atoms with Gasteiger partial charge in [0.05, 0.1) is 11.2 Å². The van der Waals surface area contributed by atoms with Crippen LogP contribution in [0, 0.1) is 0 Å². The van der Waals surface area contributed by atoms with Gasteiger partial charge in [-0.05, 0) is 11.5 Å². The van der Waals surface area contributed by atoms with Crippen molar-refractivity contribution in [3.8, 4) is 5.75 Å². The lowest BCUT2D eigenvalue weighted by Gasteiger charge is -2.06. The number of fused-ring (bicyclic) bond motifs is 1. The first kappa shape index (κ1) is 12.6. The molecule has 0 spiro atoms. The van der Waals surface area contributed by atoms with Crippen molar-refractivity contribution in [2.24, 2.45) is 0 Å². The van der Waals surface area contributed by atoms with Gasteiger partial charge in [0.15, 0.2) is 11.4 Å². The summed E-state index contributed by atoms with van der Waals surface area (Å²) >= 11 is 5.80. The Morgan fingerprint density at radius 2 is 2.00 bits per heavy atom. The number of rotatable bonds is 2. The van der Waals surface area contributed by atoms with Gasteiger partial charge in [-0.25, -0.2) is 9.78 Å². The van der Waals surface area contributed by atoms with Crippen LogP contribution >= 0.6 is 11.6 Å². The average molecular weight is 285 g/mol. The second kappa shape index (κ2) is 5.27. The van der Waals surface area contributed by atoms with E-state index in [1.807, 2.05) is 30.3 Å². The number of ether oxygens (including phenoxy) is 1. The minimum atomic E-state index is -0.536. The predicted octanol–water partition coefficient (Wildman–Crippen LogP) is 3.50. The fourth-order valence-corrected chi connectivity index (χ4v) is 2.05. The first-order chi connectivity index (χ1) is 9.74. The van der Waals surface area contributed by atoms with Crippen LogP contribution in [0.15, 0.2) is 55.0 Å². The van der Waals surface area contributed by atoms with Crippen LogP contribution in [0.5, 0.6) is 5.75 Å². The minimum Gasteiger partial charge on any atom is -0.420 e. The van der Waals surface area contributed by atoms with Crippen molar-refractivity contribution in [3.63, 3.8) is 0 Å². The molecule has 0 saturated carbocycles. The maximum absolute atomic E-state index is 12.2. The van der Waals surface area contributed by atoms with Gasteiger partial charge >= 0.3 is 5.97 Å². The first-order valence-electron chi connectivity index (χ1n) is 5.90. The van der Waals surface area contributed by atoms with Crippen molar-refractivity contribution in [1.82, 2.24) is 9.97 Å². The van der Waals surface area contributed by atoms with E-state index in [0.717, 1.165) is 10.8 Å². The number of carbonyl (C=O) groups is 1. The highest BCUT2D eigenvalue weighted by atomic mass is 35.5. The Morgan fingerprint density at radius 3 is 2.85 bits per heavy atom. The Hall–Kier alpha value is -2.46. The number of halogens is 1. The number of hydrogen-bond donors (Lipinski definition) is 0. The summed E-state index contributed by atoms with van der Waals surface area (Å²) in [6.07, 6.45) is 4.47. The van der Waals surface area contributed by atoms with E-state index in [2.05, 4.69) is 9.97 Å². The second-order valence-corrected chi connectivity index (χ2v) is 4.55. The molecule has 5 heteroatoms. The van der Waals surface area contributed by atoms with E-state index < -0.39 is 5.97 Å². The lowest BCUT2D eigenvalue weighted by molar-refractivity contribution is 0.0730. The lowest BCUT2D eigenvalue weighted by Crippen LogP contribution is -2.11. The van der Waals surface area contributed by atoms with Gasteiger partial charge in [-0.3, -0.25) is 4.98 Å². The van der Waals surface area contributed by atoms with Gasteiger partial charge in [-0.2, -0.15) is 0 Å². The van der Waals surface area contributed by atoms with Crippen molar-refractivity contribution in [3.05, 3.63) is 65.7 Å². The van der Waals surface area contributed by atoms with Crippen LogP contribution in [-0.4, -0.2) is 15.9 Å². The van der Waals surface area contributed by atoms with E-state index in [1.54, 1.807) is 6.20 Å². The number of aromatic nitrogens is 2. The van der Waals surface area contributed by atoms with Gasteiger partial charge in [-0.15, -0.1) is 0 Å². The first-order valence-corrected chi connectivity index (χ1v) is 6.28. The average Bonchev–Trinajstić information content (AvgIpc) is 2.46. The molecule has 0 amide bonds. The minimum absolute atomic E-state index is 0.267. The van der Waals surface area contributed by atoms with Crippen LogP contribution in [-0.2, 0) is 0 Å². The fourth-order valence-electron chi connectivity index (χ4n) is 1.89. The topological polar surface area (TPSA) is 52.1 Å². The molecule has 0 N–H and O–H groups in total. The summed E-state index contributed by atoms with van der Waals surface area (Å²) in [5.74, 6) is -0.247. The Kier molecular flexibility index (Phi) is 3.31. The van der Waals surface area contributed by atoms with Crippen molar-refractivity contribution >= 4 is 28.3 Å². The number of pyridine rings is 2. The summed E-state index contributed by atoms with van der Waals surface area (Å²) in [7, 11) is 0. The number of benzene rings is 1. The quantitative estimate of drug-likeness (QED) is 0.676. The van der Waals surface area contributed by atoms with Gasteiger partial charge in [0.1, 0.15) is 0 Å². The van der Waals surface area contributed by atoms with E-state index in [-0.39, 0.29) is 11.4 Å². The number of esters is 1. The van der Waals surface area contributed by atoms with Gasteiger partial charge in [0, 0.05) is 23.8 Å². The smallest absolute Gasteiger partial charge is 0.363 e. The number of hydrogen-bond acceptors (Lipinski definition) is 4. The molecule has 98 valence electrons. The molecular weight excluding hydrogens is 276 g/mol. The highest BCUT2D eigenvalue weighted by Crippen LogP contribution is 2.20. The molecule has 3 aromatic rings. The van der Waals surface area contributed by atoms with Crippen molar-refractivity contribution in [1.29, 1.82) is 0 Å². The molecule has 3 rings (SSSR count). The summed E-state index contributed by atoms with van der Waals surface area (Å²) in [6, 6.07) is 10.9. The fraction of sp³-hybridized carbons (Fsp3) is 0. The van der Waals surface area contributed by atoms with Crippen molar-refractivity contribution < 1.29 is 9.53 Å². The maximum Gasteiger partial charge on any atom is 0.363 e. The third-order valence-electron chi connectivity index (χ3n) is 2.76. The zero-order chi connectivity index (χ0) is 13.9. The van der Waals surface area contributed by atoms with E-state index in [1.165, 1.54) is 18.5 Å². The standard InChI is InChI=1S/C15H9ClN2O2/c16-11-7-12(9-17-8-11)20-15(19)14-13-4-2-1-3-10(13)5-6-18-14/h1-9H. The molecule has 0 atom stereocenters. The van der Waals surface area contributed by atoms with Crippen LogP contribution < -0.4 is 4.74 Å². The lowest BCUT2D eigenvalue weighted by atomic mass is 10.1. The summed E-state index contributed by atoms with van der Waals surface area (Å²) < 4.78 is 5.24. The summed E-state index contributed by atoms with van der Waals surface area (Å²) in [5.41, 5.74) is 0.267. The molecular formula is C15H9ClN2O2. The normalized spacial score (nSPS) is 10.4. The van der Waals surface area contributed by atoms with Crippen LogP contribution in [0.4, 0.5) is 0 Å². The largest absolute Gasteiger partial charge is 0.420 e. The van der Waals surface area contributed by atoms with Crippen molar-refractivity contribution in [2.45, 2.75) is 0 Å². The summed E-state index contributed by atoms with van der Waals surface area (Å²) in [6.45, 7) is 0. The molecule has 1 aromatic carbocycles. The highest BCUT2D eigenvalue weighted by molar-refractivity contribution is 6.30. The molecule has 2 aromatic heterocycles. The van der Waals surface area contributed by atoms with Gasteiger partial charge in [0.25, 0.3) is 0 Å². The van der Waals surface area contributed by atoms with Crippen LogP contribution in [0.1, 0.15) is 10.5 Å².